The number of hydrogen-bond donors (Lipinski definition) is 0. The van der Waals surface area contributed by atoms with E-state index >= 15 is 0 Å². The molecule has 2 aliphatic rings. The van der Waals surface area contributed by atoms with Gasteiger partial charge in [0.1, 0.15) is 23.4 Å². The first-order chi connectivity index (χ1) is 25.9. The lowest BCUT2D eigenvalue weighted by molar-refractivity contribution is 0.0864. The quantitative estimate of drug-likeness (QED) is 0.0523. The molecule has 302 valence electrons. The fraction of sp³-hybridized carbons (Fsp3) is 0.574. The Morgan fingerprint density at radius 1 is 0.818 bits per heavy atom. The highest BCUT2D eigenvalue weighted by Crippen LogP contribution is 2.55. The maximum Gasteiger partial charge on any atom is 0.261 e. The molecular weight excluding hydrogens is 729 g/mol. The minimum Gasteiger partial charge on any atom is -0.545 e. The molecule has 1 aliphatic carbocycles. The van der Waals surface area contributed by atoms with Gasteiger partial charge in [-0.05, 0) is 95.1 Å². The van der Waals surface area contributed by atoms with Gasteiger partial charge >= 0.3 is 0 Å². The van der Waals surface area contributed by atoms with E-state index < -0.39 is 25.0 Å². The van der Waals surface area contributed by atoms with Gasteiger partial charge in [0.15, 0.2) is 8.32 Å². The zero-order valence-electron chi connectivity index (χ0n) is 36.3. The molecule has 4 atom stereocenters. The van der Waals surface area contributed by atoms with E-state index in [1.807, 2.05) is 0 Å². The van der Waals surface area contributed by atoms with Crippen LogP contribution in [0.25, 0.3) is 5.57 Å². The van der Waals surface area contributed by atoms with Crippen molar-refractivity contribution in [2.75, 3.05) is 6.61 Å². The monoisotopic (exact) mass is 800 g/mol. The van der Waals surface area contributed by atoms with Crippen LogP contribution in [0.3, 0.4) is 0 Å². The van der Waals surface area contributed by atoms with Crippen molar-refractivity contribution in [1.29, 1.82) is 0 Å². The highest BCUT2D eigenvalue weighted by molar-refractivity contribution is 6.99. The van der Waals surface area contributed by atoms with E-state index in [2.05, 4.69) is 168 Å². The number of epoxide rings is 1. The van der Waals surface area contributed by atoms with E-state index in [9.17, 15) is 0 Å². The summed E-state index contributed by atoms with van der Waals surface area (Å²) in [6, 6.07) is 29.5. The maximum absolute atomic E-state index is 7.23. The second kappa shape index (κ2) is 17.2. The molecule has 1 saturated heterocycles. The SMILES string of the molecule is C=C(O[Si](CC)(CC)CC)[C@H]1O[C@@H]1C[C@@]1(C)C(c2ccc(CCCCO[Si](c3ccccc3)(c3ccccc3)C(C)(C)C)o2)=CC[C@H]1O[Si](C)(C)C(C)(C)C. The number of furan rings is 1. The Hall–Kier alpha value is -2.47. The van der Waals surface area contributed by atoms with E-state index in [4.69, 9.17) is 22.4 Å². The first kappa shape index (κ1) is 43.6. The summed E-state index contributed by atoms with van der Waals surface area (Å²) in [7, 11) is -6.41. The summed E-state index contributed by atoms with van der Waals surface area (Å²) < 4.78 is 34.2. The molecule has 3 aromatic rings. The lowest BCUT2D eigenvalue weighted by Gasteiger charge is -2.43. The van der Waals surface area contributed by atoms with Crippen molar-refractivity contribution >= 4 is 40.9 Å². The van der Waals surface area contributed by atoms with Crippen LogP contribution in [0, 0.1) is 5.41 Å². The zero-order chi connectivity index (χ0) is 40.3. The van der Waals surface area contributed by atoms with Gasteiger partial charge in [0, 0.05) is 18.4 Å². The maximum atomic E-state index is 7.23. The molecule has 8 heteroatoms. The number of ether oxygens (including phenoxy) is 1. The Morgan fingerprint density at radius 3 is 1.93 bits per heavy atom. The van der Waals surface area contributed by atoms with Gasteiger partial charge in [-0.3, -0.25) is 0 Å². The Labute approximate surface area is 337 Å². The first-order valence-corrected chi connectivity index (χ1v) is 28.5. The van der Waals surface area contributed by atoms with Crippen molar-refractivity contribution in [3.8, 4) is 0 Å². The molecule has 0 N–H and O–H groups in total. The van der Waals surface area contributed by atoms with E-state index in [0.29, 0.717) is 6.61 Å². The van der Waals surface area contributed by atoms with Gasteiger partial charge < -0.3 is 22.4 Å². The molecule has 0 amide bonds. The van der Waals surface area contributed by atoms with Crippen LogP contribution in [0.1, 0.15) is 106 Å². The van der Waals surface area contributed by atoms with Crippen molar-refractivity contribution in [3.05, 3.63) is 103 Å². The van der Waals surface area contributed by atoms with Gasteiger partial charge in [0.05, 0.1) is 12.2 Å². The predicted octanol–water partition coefficient (Wildman–Crippen LogP) is 12.1. The molecule has 0 saturated carbocycles. The van der Waals surface area contributed by atoms with Crippen molar-refractivity contribution in [2.24, 2.45) is 5.41 Å². The van der Waals surface area contributed by atoms with Crippen LogP contribution in [0.15, 0.2) is 95.6 Å². The summed E-state index contributed by atoms with van der Waals surface area (Å²) in [6.45, 7) is 33.0. The average Bonchev–Trinajstić information content (AvgIpc) is 3.63. The number of aryl methyl sites for hydroxylation is 1. The highest BCUT2D eigenvalue weighted by atomic mass is 28.4. The average molecular weight is 801 g/mol. The molecule has 2 aromatic carbocycles. The minimum absolute atomic E-state index is 0.0297. The van der Waals surface area contributed by atoms with Gasteiger partial charge in [0.2, 0.25) is 8.32 Å². The van der Waals surface area contributed by atoms with Crippen molar-refractivity contribution in [3.63, 3.8) is 0 Å². The summed E-state index contributed by atoms with van der Waals surface area (Å²) in [5, 5.41) is 2.74. The Bertz CT molecular complexity index is 1680. The third kappa shape index (κ3) is 9.31. The van der Waals surface area contributed by atoms with Crippen LogP contribution < -0.4 is 10.4 Å². The molecule has 0 spiro atoms. The van der Waals surface area contributed by atoms with E-state index in [0.717, 1.165) is 67.5 Å². The summed E-state index contributed by atoms with van der Waals surface area (Å²) in [5.74, 6) is 2.82. The summed E-state index contributed by atoms with van der Waals surface area (Å²) in [5.41, 5.74) is 0.987. The summed E-state index contributed by atoms with van der Waals surface area (Å²) in [6.07, 6.45) is 7.01. The first-order valence-electron chi connectivity index (χ1n) is 21.1. The Balaban J connectivity index is 1.28. The van der Waals surface area contributed by atoms with E-state index in [-0.39, 0.29) is 33.8 Å². The third-order valence-corrected chi connectivity index (χ3v) is 27.5. The molecule has 0 radical (unpaired) electrons. The smallest absolute Gasteiger partial charge is 0.261 e. The molecule has 0 bridgehead atoms. The van der Waals surface area contributed by atoms with Gasteiger partial charge in [-0.1, -0.05) is 143 Å². The number of benzene rings is 2. The van der Waals surface area contributed by atoms with Gasteiger partial charge in [-0.25, -0.2) is 0 Å². The molecule has 5 rings (SSSR count). The van der Waals surface area contributed by atoms with E-state index in [1.165, 1.54) is 15.9 Å². The third-order valence-electron chi connectivity index (χ3n) is 13.4. The fourth-order valence-electron chi connectivity index (χ4n) is 8.57. The molecule has 55 heavy (non-hydrogen) atoms. The molecule has 1 fully saturated rings. The van der Waals surface area contributed by atoms with Gasteiger partial charge in [-0.2, -0.15) is 0 Å². The highest BCUT2D eigenvalue weighted by Gasteiger charge is 2.55. The molecule has 2 heterocycles. The van der Waals surface area contributed by atoms with Crippen molar-refractivity contribution < 1.29 is 22.4 Å². The minimum atomic E-state index is -2.54. The van der Waals surface area contributed by atoms with Crippen LogP contribution in [0.4, 0.5) is 0 Å². The van der Waals surface area contributed by atoms with Crippen LogP contribution in [-0.4, -0.2) is 49.9 Å². The van der Waals surface area contributed by atoms with Crippen LogP contribution in [0.2, 0.25) is 41.3 Å². The van der Waals surface area contributed by atoms with Crippen molar-refractivity contribution in [2.45, 2.75) is 161 Å². The van der Waals surface area contributed by atoms with Crippen LogP contribution >= 0.6 is 0 Å². The van der Waals surface area contributed by atoms with Crippen molar-refractivity contribution in [1.82, 2.24) is 0 Å². The normalized spacial score (nSPS) is 22.1. The standard InChI is InChI=1S/C47H72O5Si3/c1-14-54(15-2,16-3)51-36(4)44-42(50-44)35-47(11)40(31-33-43(47)52-53(12,13)45(5,6)7)41-32-30-37(49-41)25-23-24-34-48-55(46(8,9)10,38-26-19-17-20-27-38)39-28-21-18-22-29-39/h17-22,26-32,42-44H,4,14-16,23-25,33-35H2,1-3,5-13H3/t42-,43-,44-,47+/m1/s1. The van der Waals surface area contributed by atoms with Crippen LogP contribution in [0.5, 0.6) is 0 Å². The number of rotatable bonds is 19. The van der Waals surface area contributed by atoms with Crippen LogP contribution in [-0.2, 0) is 24.4 Å². The Kier molecular flexibility index (Phi) is 13.6. The number of unbranched alkanes of at least 4 members (excludes halogenated alkanes) is 1. The Morgan fingerprint density at radius 2 is 1.40 bits per heavy atom. The lowest BCUT2D eigenvalue weighted by Crippen LogP contribution is -2.66. The molecule has 5 nitrogen and oxygen atoms in total. The second-order valence-electron chi connectivity index (χ2n) is 19.0. The van der Waals surface area contributed by atoms with Gasteiger partial charge in [-0.15, -0.1) is 0 Å². The summed E-state index contributed by atoms with van der Waals surface area (Å²) in [4.78, 5) is 0. The molecule has 1 aliphatic heterocycles. The second-order valence-corrected chi connectivity index (χ2v) is 32.7. The molecular formula is C47H72O5Si3. The summed E-state index contributed by atoms with van der Waals surface area (Å²) >= 11 is 0. The topological polar surface area (TPSA) is 53.4 Å². The lowest BCUT2D eigenvalue weighted by atomic mass is 9.76. The number of hydrogen-bond acceptors (Lipinski definition) is 5. The molecule has 1 aromatic heterocycles. The molecule has 0 unspecified atom stereocenters. The largest absolute Gasteiger partial charge is 0.545 e. The predicted molar refractivity (Wildman–Crippen MR) is 239 cm³/mol. The zero-order valence-corrected chi connectivity index (χ0v) is 39.3. The van der Waals surface area contributed by atoms with Gasteiger partial charge in [0.25, 0.3) is 8.32 Å². The fourth-order valence-corrected chi connectivity index (χ4v) is 17.2. The van der Waals surface area contributed by atoms with E-state index in [1.54, 1.807) is 0 Å².